The fourth-order valence-corrected chi connectivity index (χ4v) is 4.06. The van der Waals surface area contributed by atoms with Gasteiger partial charge < -0.3 is 10.4 Å². The number of carbonyl (C=O) groups is 1. The summed E-state index contributed by atoms with van der Waals surface area (Å²) in [7, 11) is 0. The van der Waals surface area contributed by atoms with Gasteiger partial charge in [-0.1, -0.05) is 43.2 Å². The maximum absolute atomic E-state index is 12.9. The third-order valence-corrected chi connectivity index (χ3v) is 5.44. The zero-order valence-corrected chi connectivity index (χ0v) is 13.8. The predicted molar refractivity (Wildman–Crippen MR) is 90.9 cm³/mol. The summed E-state index contributed by atoms with van der Waals surface area (Å²) in [4.78, 5) is 15.2. The molecule has 2 aliphatic rings. The number of likely N-dealkylation sites (tertiary alicyclic amines) is 1. The highest BCUT2D eigenvalue weighted by Gasteiger charge is 2.44. The van der Waals surface area contributed by atoms with Crippen LogP contribution in [0.4, 0.5) is 0 Å². The van der Waals surface area contributed by atoms with Crippen molar-refractivity contribution in [2.24, 2.45) is 5.41 Å². The van der Waals surface area contributed by atoms with Crippen molar-refractivity contribution < 1.29 is 9.90 Å². The second-order valence-corrected chi connectivity index (χ2v) is 7.16. The number of nitrogens with one attached hydrogen (secondary N) is 1. The summed E-state index contributed by atoms with van der Waals surface area (Å²) < 4.78 is 0. The number of amides is 1. The normalized spacial score (nSPS) is 25.8. The number of benzene rings is 1. The van der Waals surface area contributed by atoms with Gasteiger partial charge in [0.2, 0.25) is 5.91 Å². The Hall–Kier alpha value is -1.39. The minimum Gasteiger partial charge on any atom is -0.396 e. The number of hydrogen-bond donors (Lipinski definition) is 2. The van der Waals surface area contributed by atoms with Gasteiger partial charge in [0.25, 0.3) is 0 Å². The van der Waals surface area contributed by atoms with E-state index in [1.807, 2.05) is 6.07 Å². The lowest BCUT2D eigenvalue weighted by Gasteiger charge is -2.29. The van der Waals surface area contributed by atoms with Crippen LogP contribution in [0, 0.1) is 5.41 Å². The van der Waals surface area contributed by atoms with E-state index in [-0.39, 0.29) is 12.5 Å². The van der Waals surface area contributed by atoms with Gasteiger partial charge in [-0.3, -0.25) is 9.69 Å². The summed E-state index contributed by atoms with van der Waals surface area (Å²) in [5, 5.41) is 12.7. The van der Waals surface area contributed by atoms with Crippen LogP contribution in [-0.4, -0.2) is 41.7 Å². The molecule has 2 N–H and O–H groups in total. The van der Waals surface area contributed by atoms with Crippen molar-refractivity contribution in [1.82, 2.24) is 10.2 Å². The summed E-state index contributed by atoms with van der Waals surface area (Å²) >= 11 is 0. The zero-order chi connectivity index (χ0) is 16.1. The molecule has 126 valence electrons. The van der Waals surface area contributed by atoms with Gasteiger partial charge in [0, 0.05) is 25.7 Å². The lowest BCUT2D eigenvalue weighted by atomic mass is 9.82. The van der Waals surface area contributed by atoms with Gasteiger partial charge in [0.15, 0.2) is 0 Å². The van der Waals surface area contributed by atoms with E-state index in [2.05, 4.69) is 34.5 Å². The molecule has 1 aromatic carbocycles. The van der Waals surface area contributed by atoms with Crippen LogP contribution in [-0.2, 0) is 11.3 Å². The standard InChI is InChI=1S/C19H28N2O2/c22-13-11-19(18(23)20-17-8-4-5-9-17)10-12-21(15-19)14-16-6-2-1-3-7-16/h1-3,6-7,17,22H,4-5,8-15H2,(H,20,23). The summed E-state index contributed by atoms with van der Waals surface area (Å²) in [6.45, 7) is 2.63. The number of carbonyl (C=O) groups excluding carboxylic acids is 1. The first-order chi connectivity index (χ1) is 11.2. The molecule has 4 nitrogen and oxygen atoms in total. The van der Waals surface area contributed by atoms with Crippen LogP contribution in [0.5, 0.6) is 0 Å². The Labute approximate surface area is 138 Å². The molecular weight excluding hydrogens is 288 g/mol. The van der Waals surface area contributed by atoms with Crippen molar-refractivity contribution in [3.8, 4) is 0 Å². The lowest BCUT2D eigenvalue weighted by Crippen LogP contribution is -2.46. The second kappa shape index (κ2) is 7.45. The smallest absolute Gasteiger partial charge is 0.227 e. The van der Waals surface area contributed by atoms with E-state index in [4.69, 9.17) is 0 Å². The Kier molecular flexibility index (Phi) is 5.34. The Morgan fingerprint density at radius 1 is 1.26 bits per heavy atom. The van der Waals surface area contributed by atoms with E-state index in [1.54, 1.807) is 0 Å². The van der Waals surface area contributed by atoms with E-state index >= 15 is 0 Å². The van der Waals surface area contributed by atoms with Gasteiger partial charge in [-0.05, 0) is 37.8 Å². The van der Waals surface area contributed by atoms with Crippen LogP contribution >= 0.6 is 0 Å². The van der Waals surface area contributed by atoms with Gasteiger partial charge in [-0.2, -0.15) is 0 Å². The maximum atomic E-state index is 12.9. The molecule has 2 fully saturated rings. The van der Waals surface area contributed by atoms with Crippen molar-refractivity contribution in [2.45, 2.75) is 51.1 Å². The van der Waals surface area contributed by atoms with Crippen LogP contribution in [0.2, 0.25) is 0 Å². The summed E-state index contributed by atoms with van der Waals surface area (Å²) in [6.07, 6.45) is 6.06. The SMILES string of the molecule is O=C(NC1CCCC1)C1(CCO)CCN(Cc2ccccc2)C1. The van der Waals surface area contributed by atoms with E-state index in [0.29, 0.717) is 12.5 Å². The third-order valence-electron chi connectivity index (χ3n) is 5.44. The fraction of sp³-hybridized carbons (Fsp3) is 0.632. The van der Waals surface area contributed by atoms with Crippen LogP contribution in [0.3, 0.4) is 0 Å². The highest BCUT2D eigenvalue weighted by molar-refractivity contribution is 5.83. The van der Waals surface area contributed by atoms with E-state index in [9.17, 15) is 9.90 Å². The molecule has 1 saturated heterocycles. The number of aliphatic hydroxyl groups excluding tert-OH is 1. The third kappa shape index (κ3) is 3.93. The molecule has 0 aromatic heterocycles. The van der Waals surface area contributed by atoms with Crippen molar-refractivity contribution in [1.29, 1.82) is 0 Å². The highest BCUT2D eigenvalue weighted by Crippen LogP contribution is 2.35. The molecule has 1 aliphatic heterocycles. The quantitative estimate of drug-likeness (QED) is 0.847. The topological polar surface area (TPSA) is 52.6 Å². The molecule has 1 aliphatic carbocycles. The second-order valence-electron chi connectivity index (χ2n) is 7.16. The zero-order valence-electron chi connectivity index (χ0n) is 13.8. The monoisotopic (exact) mass is 316 g/mol. The fourth-order valence-electron chi connectivity index (χ4n) is 4.06. The van der Waals surface area contributed by atoms with Crippen LogP contribution in [0.25, 0.3) is 0 Å². The number of aliphatic hydroxyl groups is 1. The Morgan fingerprint density at radius 2 is 2.00 bits per heavy atom. The predicted octanol–water partition coefficient (Wildman–Crippen LogP) is 2.32. The molecule has 1 atom stereocenters. The lowest BCUT2D eigenvalue weighted by molar-refractivity contribution is -0.132. The van der Waals surface area contributed by atoms with E-state index in [1.165, 1.54) is 18.4 Å². The molecule has 0 spiro atoms. The van der Waals surface area contributed by atoms with Gasteiger partial charge in [0.1, 0.15) is 0 Å². The molecule has 1 saturated carbocycles. The van der Waals surface area contributed by atoms with Crippen molar-refractivity contribution in [3.05, 3.63) is 35.9 Å². The van der Waals surface area contributed by atoms with Gasteiger partial charge >= 0.3 is 0 Å². The number of hydrogen-bond acceptors (Lipinski definition) is 3. The molecule has 4 heteroatoms. The molecule has 1 unspecified atom stereocenters. The molecule has 0 radical (unpaired) electrons. The molecule has 23 heavy (non-hydrogen) atoms. The largest absolute Gasteiger partial charge is 0.396 e. The number of nitrogens with zero attached hydrogens (tertiary/aromatic N) is 1. The average molecular weight is 316 g/mol. The first-order valence-electron chi connectivity index (χ1n) is 8.90. The first kappa shape index (κ1) is 16.5. The van der Waals surface area contributed by atoms with Gasteiger partial charge in [0.05, 0.1) is 5.41 Å². The van der Waals surface area contributed by atoms with Crippen LogP contribution in [0.15, 0.2) is 30.3 Å². The van der Waals surface area contributed by atoms with Gasteiger partial charge in [-0.15, -0.1) is 0 Å². The van der Waals surface area contributed by atoms with E-state index < -0.39 is 5.41 Å². The van der Waals surface area contributed by atoms with Crippen molar-refractivity contribution in [3.63, 3.8) is 0 Å². The summed E-state index contributed by atoms with van der Waals surface area (Å²) in [5.74, 6) is 0.161. The molecule has 1 aromatic rings. The molecule has 0 bridgehead atoms. The highest BCUT2D eigenvalue weighted by atomic mass is 16.3. The van der Waals surface area contributed by atoms with E-state index in [0.717, 1.165) is 38.9 Å². The molecule has 1 amide bonds. The number of rotatable bonds is 6. The van der Waals surface area contributed by atoms with Crippen LogP contribution < -0.4 is 5.32 Å². The molecule has 1 heterocycles. The van der Waals surface area contributed by atoms with Crippen molar-refractivity contribution in [2.75, 3.05) is 19.7 Å². The molecular formula is C19H28N2O2. The Balaban J connectivity index is 1.63. The minimum atomic E-state index is -0.411. The van der Waals surface area contributed by atoms with Crippen LogP contribution in [0.1, 0.15) is 44.1 Å². The summed E-state index contributed by atoms with van der Waals surface area (Å²) in [5.41, 5.74) is 0.870. The molecule has 3 rings (SSSR count). The Morgan fingerprint density at radius 3 is 2.70 bits per heavy atom. The summed E-state index contributed by atoms with van der Waals surface area (Å²) in [6, 6.07) is 10.7. The maximum Gasteiger partial charge on any atom is 0.227 e. The first-order valence-corrected chi connectivity index (χ1v) is 8.90. The average Bonchev–Trinajstić information content (AvgIpc) is 3.20. The van der Waals surface area contributed by atoms with Gasteiger partial charge in [-0.25, -0.2) is 0 Å². The Bertz CT molecular complexity index is 513. The minimum absolute atomic E-state index is 0.0806. The van der Waals surface area contributed by atoms with Crippen molar-refractivity contribution >= 4 is 5.91 Å².